The van der Waals surface area contributed by atoms with Gasteiger partial charge in [0.1, 0.15) is 6.10 Å². The fourth-order valence-electron chi connectivity index (χ4n) is 6.02. The molecule has 8 heteroatoms. The molecule has 1 rings (SSSR count). The van der Waals surface area contributed by atoms with E-state index in [1.54, 1.807) is 24.3 Å². The van der Waals surface area contributed by atoms with Crippen molar-refractivity contribution in [2.45, 2.75) is 117 Å². The summed E-state index contributed by atoms with van der Waals surface area (Å²) in [5, 5.41) is 46.6. The summed E-state index contributed by atoms with van der Waals surface area (Å²) in [5.74, 6) is -1.29. The third-order valence-electron chi connectivity index (χ3n) is 8.95. The Morgan fingerprint density at radius 2 is 1.73 bits per heavy atom. The molecule has 1 aliphatic rings. The number of hydrogen-bond acceptors (Lipinski definition) is 7. The van der Waals surface area contributed by atoms with Crippen molar-refractivity contribution in [3.05, 3.63) is 61.3 Å². The molecule has 0 saturated carbocycles. The molecule has 11 atom stereocenters. The van der Waals surface area contributed by atoms with E-state index in [0.29, 0.717) is 19.4 Å². The van der Waals surface area contributed by atoms with E-state index < -0.39 is 36.5 Å². The maximum atomic E-state index is 12.9. The summed E-state index contributed by atoms with van der Waals surface area (Å²) in [6, 6.07) is 0. The number of carbonyl (C=O) groups is 2. The quantitative estimate of drug-likeness (QED) is 0.104. The molecule has 8 nitrogen and oxygen atoms in total. The first-order chi connectivity index (χ1) is 21.3. The Hall–Kier alpha value is -2.52. The van der Waals surface area contributed by atoms with Crippen molar-refractivity contribution < 1.29 is 34.8 Å². The third-order valence-corrected chi connectivity index (χ3v) is 8.95. The van der Waals surface area contributed by atoms with E-state index in [-0.39, 0.29) is 47.8 Å². The highest BCUT2D eigenvalue weighted by Gasteiger charge is 2.31. The zero-order valence-electron chi connectivity index (χ0n) is 28.4. The summed E-state index contributed by atoms with van der Waals surface area (Å²) in [7, 11) is 0. The highest BCUT2D eigenvalue weighted by atomic mass is 16.5. The first-order valence-corrected chi connectivity index (χ1v) is 16.8. The normalized spacial score (nSPS) is 36.1. The lowest BCUT2D eigenvalue weighted by Gasteiger charge is -2.31. The van der Waals surface area contributed by atoms with Crippen LogP contribution in [0.3, 0.4) is 0 Å². The highest BCUT2D eigenvalue weighted by Crippen LogP contribution is 2.28. The zero-order chi connectivity index (χ0) is 33.9. The van der Waals surface area contributed by atoms with Crippen LogP contribution in [0.5, 0.6) is 0 Å². The molecule has 0 aromatic heterocycles. The molecule has 1 aliphatic heterocycles. The number of amides is 1. The minimum atomic E-state index is -0.889. The molecule has 0 bridgehead atoms. The number of ether oxygens (including phenoxy) is 1. The summed E-state index contributed by atoms with van der Waals surface area (Å²) >= 11 is 0. The molecule has 0 fully saturated rings. The molecule has 0 radical (unpaired) electrons. The molecule has 1 unspecified atom stereocenters. The molecule has 0 spiro atoms. The third kappa shape index (κ3) is 16.6. The number of allylic oxidation sites excluding steroid dienone is 4. The standard InChI is InChI=1S/C37H61NO7/c1-8-9-14-27(4)37-29(6)33(41)21-18-25(2)23-28(5)36(44)26(3)19-20-32(40)24-34(42)31(15-10-11-17-35(43)45-37)16-12-13-22-38-30(7)39/h8-11,14-15,17,19-20,25-29,31-34,36-37,40-42,44H,1,12-13,16,18,21-24H2,2-7H3,(H,38,39)/b14-9-,15-10+,17-11-,20-19-/t25-,26-,27-,28-,29-,31?,32+,33+,34-,36-,37-/m0/s1. The Morgan fingerprint density at radius 1 is 1.02 bits per heavy atom. The Labute approximate surface area is 272 Å². The Kier molecular flexibility index (Phi) is 19.9. The molecule has 0 aromatic rings. The van der Waals surface area contributed by atoms with Gasteiger partial charge in [-0.3, -0.25) is 4.79 Å². The highest BCUT2D eigenvalue weighted by molar-refractivity contribution is 5.82. The van der Waals surface area contributed by atoms with Crippen molar-refractivity contribution in [1.29, 1.82) is 0 Å². The number of nitrogens with one attached hydrogen (secondary N) is 1. The monoisotopic (exact) mass is 631 g/mol. The van der Waals surface area contributed by atoms with Gasteiger partial charge in [0.25, 0.3) is 0 Å². The molecular formula is C37H61NO7. The molecular weight excluding hydrogens is 570 g/mol. The van der Waals surface area contributed by atoms with Gasteiger partial charge < -0.3 is 30.5 Å². The molecule has 0 aliphatic carbocycles. The van der Waals surface area contributed by atoms with Gasteiger partial charge >= 0.3 is 5.97 Å². The van der Waals surface area contributed by atoms with Crippen LogP contribution >= 0.6 is 0 Å². The van der Waals surface area contributed by atoms with Gasteiger partial charge in [0, 0.05) is 49.6 Å². The van der Waals surface area contributed by atoms with Gasteiger partial charge in [0.2, 0.25) is 5.91 Å². The fourth-order valence-corrected chi connectivity index (χ4v) is 6.02. The van der Waals surface area contributed by atoms with Gasteiger partial charge in [-0.1, -0.05) is 96.2 Å². The van der Waals surface area contributed by atoms with Gasteiger partial charge in [-0.25, -0.2) is 4.79 Å². The van der Waals surface area contributed by atoms with Gasteiger partial charge in [-0.15, -0.1) is 0 Å². The van der Waals surface area contributed by atoms with Crippen molar-refractivity contribution in [3.8, 4) is 0 Å². The first kappa shape index (κ1) is 40.5. The minimum Gasteiger partial charge on any atom is -0.458 e. The number of rotatable bonds is 8. The molecule has 0 saturated heterocycles. The van der Waals surface area contributed by atoms with E-state index in [1.165, 1.54) is 13.0 Å². The molecule has 256 valence electrons. The number of cyclic esters (lactones) is 1. The smallest absolute Gasteiger partial charge is 0.331 e. The van der Waals surface area contributed by atoms with Gasteiger partial charge in [-0.05, 0) is 43.9 Å². The number of carbonyl (C=O) groups excluding carboxylic acids is 2. The van der Waals surface area contributed by atoms with E-state index in [0.717, 1.165) is 25.7 Å². The summed E-state index contributed by atoms with van der Waals surface area (Å²) in [4.78, 5) is 24.1. The van der Waals surface area contributed by atoms with Crippen LogP contribution in [-0.2, 0) is 14.3 Å². The van der Waals surface area contributed by atoms with E-state index in [4.69, 9.17) is 4.74 Å². The second-order valence-corrected chi connectivity index (χ2v) is 13.2. The molecule has 1 heterocycles. The number of aliphatic hydroxyl groups excluding tert-OH is 4. The van der Waals surface area contributed by atoms with Crippen LogP contribution in [0.15, 0.2) is 61.3 Å². The molecule has 0 aromatic carbocycles. The Morgan fingerprint density at radius 3 is 2.40 bits per heavy atom. The predicted octanol–water partition coefficient (Wildman–Crippen LogP) is 5.43. The SMILES string of the molecule is C=C/C=C\[C@H](C)[C@@H]1OC(=O)/C=C\C=C\C(CCCCNC(C)=O)[C@@H](O)C[C@H](O)/C=C\[C@H](C)[C@H](O)[C@@H](C)C[C@@H](C)CC[C@@H](O)[C@@H]1C. The number of unbranched alkanes of at least 4 members (excludes halogenated alkanes) is 1. The lowest BCUT2D eigenvalue weighted by Crippen LogP contribution is -2.37. The first-order valence-electron chi connectivity index (χ1n) is 16.8. The predicted molar refractivity (Wildman–Crippen MR) is 181 cm³/mol. The van der Waals surface area contributed by atoms with Crippen LogP contribution in [0.25, 0.3) is 0 Å². The van der Waals surface area contributed by atoms with E-state index in [2.05, 4.69) is 18.8 Å². The number of aliphatic hydroxyl groups is 4. The van der Waals surface area contributed by atoms with E-state index >= 15 is 0 Å². The van der Waals surface area contributed by atoms with Crippen LogP contribution in [0.1, 0.15) is 86.5 Å². The fraction of sp³-hybridized carbons (Fsp3) is 0.676. The second kappa shape index (κ2) is 22.1. The lowest BCUT2D eigenvalue weighted by atomic mass is 9.82. The maximum Gasteiger partial charge on any atom is 0.331 e. The van der Waals surface area contributed by atoms with Gasteiger partial charge in [0.15, 0.2) is 0 Å². The van der Waals surface area contributed by atoms with Gasteiger partial charge in [-0.2, -0.15) is 0 Å². The molecule has 1 amide bonds. The zero-order valence-corrected chi connectivity index (χ0v) is 28.4. The average molecular weight is 632 g/mol. The second-order valence-electron chi connectivity index (χ2n) is 13.2. The van der Waals surface area contributed by atoms with Crippen LogP contribution in [0.4, 0.5) is 0 Å². The van der Waals surface area contributed by atoms with E-state index in [9.17, 15) is 30.0 Å². The van der Waals surface area contributed by atoms with Crippen LogP contribution in [0, 0.1) is 35.5 Å². The van der Waals surface area contributed by atoms with Crippen molar-refractivity contribution in [2.24, 2.45) is 35.5 Å². The van der Waals surface area contributed by atoms with Crippen LogP contribution in [-0.4, -0.2) is 69.4 Å². The molecule has 5 N–H and O–H groups in total. The van der Waals surface area contributed by atoms with Crippen molar-refractivity contribution in [2.75, 3.05) is 6.54 Å². The number of hydrogen-bond donors (Lipinski definition) is 5. The summed E-state index contributed by atoms with van der Waals surface area (Å²) in [6.45, 7) is 15.7. The van der Waals surface area contributed by atoms with Crippen molar-refractivity contribution in [1.82, 2.24) is 5.32 Å². The van der Waals surface area contributed by atoms with Crippen LogP contribution in [0.2, 0.25) is 0 Å². The Bertz CT molecular complexity index is 989. The van der Waals surface area contributed by atoms with Crippen molar-refractivity contribution >= 4 is 11.9 Å². The van der Waals surface area contributed by atoms with Crippen LogP contribution < -0.4 is 5.32 Å². The largest absolute Gasteiger partial charge is 0.458 e. The van der Waals surface area contributed by atoms with Gasteiger partial charge in [0.05, 0.1) is 24.4 Å². The van der Waals surface area contributed by atoms with Crippen molar-refractivity contribution in [3.63, 3.8) is 0 Å². The summed E-state index contributed by atoms with van der Waals surface area (Å²) in [6.07, 6.45) is 16.1. The van der Waals surface area contributed by atoms with E-state index in [1.807, 2.05) is 52.0 Å². The summed E-state index contributed by atoms with van der Waals surface area (Å²) < 4.78 is 5.88. The summed E-state index contributed by atoms with van der Waals surface area (Å²) in [5.41, 5.74) is 0. The minimum absolute atomic E-state index is 0.00590. The lowest BCUT2D eigenvalue weighted by molar-refractivity contribution is -0.150. The Balaban J connectivity index is 3.27. The molecule has 45 heavy (non-hydrogen) atoms. The average Bonchev–Trinajstić information content (AvgIpc) is 2.99. The number of esters is 1. The topological polar surface area (TPSA) is 136 Å². The maximum absolute atomic E-state index is 12.9.